The van der Waals surface area contributed by atoms with Gasteiger partial charge in [0.25, 0.3) is 5.91 Å². The zero-order valence-corrected chi connectivity index (χ0v) is 10.7. The molecule has 0 aliphatic rings. The summed E-state index contributed by atoms with van der Waals surface area (Å²) in [6, 6.07) is 6.90. The van der Waals surface area contributed by atoms with Crippen LogP contribution in [0.5, 0.6) is 0 Å². The van der Waals surface area contributed by atoms with Crippen molar-refractivity contribution in [1.82, 2.24) is 9.78 Å². The van der Waals surface area contributed by atoms with Gasteiger partial charge in [-0.25, -0.2) is 0 Å². The first-order valence-corrected chi connectivity index (χ1v) is 5.71. The van der Waals surface area contributed by atoms with E-state index in [-0.39, 0.29) is 5.91 Å². The van der Waals surface area contributed by atoms with Gasteiger partial charge in [0.05, 0.1) is 0 Å². The quantitative estimate of drug-likeness (QED) is 0.832. The van der Waals surface area contributed by atoms with Gasteiger partial charge in [0.1, 0.15) is 5.69 Å². The van der Waals surface area contributed by atoms with Crippen LogP contribution >= 0.6 is 15.9 Å². The molecule has 2 aromatic rings. The Kier molecular flexibility index (Phi) is 3.14. The predicted molar refractivity (Wildman–Crippen MR) is 69.7 cm³/mol. The first-order chi connectivity index (χ1) is 8.08. The molecule has 1 aromatic carbocycles. The van der Waals surface area contributed by atoms with Gasteiger partial charge in [-0.1, -0.05) is 0 Å². The molecule has 0 aliphatic heterocycles. The fourth-order valence-corrected chi connectivity index (χ4v) is 1.66. The standard InChI is InChI=1S/C11H11BrN4O/c1-16-10(4-5-14-16)11(17)15-7-2-3-8(12)9(13)6-7/h2-6H,13H2,1H3,(H,15,17). The van der Waals surface area contributed by atoms with E-state index in [2.05, 4.69) is 26.3 Å². The van der Waals surface area contributed by atoms with Crippen LogP contribution in [0, 0.1) is 0 Å². The molecule has 0 saturated heterocycles. The van der Waals surface area contributed by atoms with Crippen molar-refractivity contribution in [3.63, 3.8) is 0 Å². The molecule has 1 aromatic heterocycles. The van der Waals surface area contributed by atoms with E-state index in [9.17, 15) is 4.79 Å². The van der Waals surface area contributed by atoms with Gasteiger partial charge < -0.3 is 11.1 Å². The summed E-state index contributed by atoms with van der Waals surface area (Å²) in [5.41, 5.74) is 7.45. The number of nitrogens with two attached hydrogens (primary N) is 1. The summed E-state index contributed by atoms with van der Waals surface area (Å²) in [5, 5.41) is 6.69. The summed E-state index contributed by atoms with van der Waals surface area (Å²) < 4.78 is 2.31. The summed E-state index contributed by atoms with van der Waals surface area (Å²) in [6.07, 6.45) is 1.57. The smallest absolute Gasteiger partial charge is 0.273 e. The van der Waals surface area contributed by atoms with E-state index in [1.54, 1.807) is 37.5 Å². The second-order valence-electron chi connectivity index (χ2n) is 3.53. The Morgan fingerprint density at radius 1 is 1.47 bits per heavy atom. The highest BCUT2D eigenvalue weighted by Gasteiger charge is 2.10. The van der Waals surface area contributed by atoms with Gasteiger partial charge in [-0.05, 0) is 40.2 Å². The number of carbonyl (C=O) groups excluding carboxylic acids is 1. The summed E-state index contributed by atoms with van der Waals surface area (Å²) in [6.45, 7) is 0. The van der Waals surface area contributed by atoms with E-state index >= 15 is 0 Å². The van der Waals surface area contributed by atoms with E-state index in [0.29, 0.717) is 17.1 Å². The lowest BCUT2D eigenvalue weighted by molar-refractivity contribution is 0.101. The van der Waals surface area contributed by atoms with Crippen molar-refractivity contribution in [2.75, 3.05) is 11.1 Å². The van der Waals surface area contributed by atoms with E-state index in [4.69, 9.17) is 5.73 Å². The monoisotopic (exact) mass is 294 g/mol. The van der Waals surface area contributed by atoms with Gasteiger partial charge in [0, 0.05) is 29.1 Å². The molecule has 0 saturated carbocycles. The Morgan fingerprint density at radius 2 is 2.24 bits per heavy atom. The second kappa shape index (κ2) is 4.58. The van der Waals surface area contributed by atoms with Crippen LogP contribution in [-0.2, 0) is 7.05 Å². The van der Waals surface area contributed by atoms with Crippen LogP contribution in [0.3, 0.4) is 0 Å². The Morgan fingerprint density at radius 3 is 2.82 bits per heavy atom. The number of anilines is 2. The molecule has 1 heterocycles. The Bertz CT molecular complexity index is 564. The van der Waals surface area contributed by atoms with Crippen molar-refractivity contribution in [3.05, 3.63) is 40.6 Å². The topological polar surface area (TPSA) is 72.9 Å². The number of amides is 1. The van der Waals surface area contributed by atoms with E-state index in [1.807, 2.05) is 0 Å². The average Bonchev–Trinajstić information content (AvgIpc) is 2.70. The maximum Gasteiger partial charge on any atom is 0.273 e. The lowest BCUT2D eigenvalue weighted by Gasteiger charge is -2.07. The van der Waals surface area contributed by atoms with Crippen LogP contribution in [0.2, 0.25) is 0 Å². The third kappa shape index (κ3) is 2.47. The first kappa shape index (κ1) is 11.7. The zero-order valence-electron chi connectivity index (χ0n) is 9.14. The number of carbonyl (C=O) groups is 1. The van der Waals surface area contributed by atoms with Gasteiger partial charge in [-0.15, -0.1) is 0 Å². The normalized spacial score (nSPS) is 10.2. The Hall–Kier alpha value is -1.82. The van der Waals surface area contributed by atoms with Crippen LogP contribution in [0.1, 0.15) is 10.5 Å². The number of benzene rings is 1. The van der Waals surface area contributed by atoms with Crippen LogP contribution in [0.25, 0.3) is 0 Å². The van der Waals surface area contributed by atoms with Gasteiger partial charge in [0.15, 0.2) is 0 Å². The molecule has 6 heteroatoms. The molecule has 0 radical (unpaired) electrons. The predicted octanol–water partition coefficient (Wildman–Crippen LogP) is 2.02. The number of hydrogen-bond acceptors (Lipinski definition) is 3. The molecular weight excluding hydrogens is 284 g/mol. The minimum atomic E-state index is -0.216. The number of nitrogens with one attached hydrogen (secondary N) is 1. The fourth-order valence-electron chi connectivity index (χ4n) is 1.41. The third-order valence-corrected chi connectivity index (χ3v) is 3.03. The van der Waals surface area contributed by atoms with Crippen molar-refractivity contribution in [3.8, 4) is 0 Å². The number of halogens is 1. The Balaban J connectivity index is 2.19. The van der Waals surface area contributed by atoms with Crippen molar-refractivity contribution >= 4 is 33.2 Å². The molecule has 1 amide bonds. The lowest BCUT2D eigenvalue weighted by Crippen LogP contribution is -2.16. The van der Waals surface area contributed by atoms with Crippen molar-refractivity contribution in [1.29, 1.82) is 0 Å². The minimum Gasteiger partial charge on any atom is -0.398 e. The minimum absolute atomic E-state index is 0.216. The third-order valence-electron chi connectivity index (χ3n) is 2.31. The number of aryl methyl sites for hydroxylation is 1. The second-order valence-corrected chi connectivity index (χ2v) is 4.38. The SMILES string of the molecule is Cn1nccc1C(=O)Nc1ccc(Br)c(N)c1. The zero-order chi connectivity index (χ0) is 12.4. The number of hydrogen-bond donors (Lipinski definition) is 2. The molecular formula is C11H11BrN4O. The summed E-state index contributed by atoms with van der Waals surface area (Å²) >= 11 is 3.29. The summed E-state index contributed by atoms with van der Waals surface area (Å²) in [5.74, 6) is -0.216. The van der Waals surface area contributed by atoms with Gasteiger partial charge >= 0.3 is 0 Å². The molecule has 0 atom stereocenters. The number of rotatable bonds is 2. The average molecular weight is 295 g/mol. The molecule has 88 valence electrons. The van der Waals surface area contributed by atoms with Gasteiger partial charge in [-0.3, -0.25) is 9.48 Å². The molecule has 2 rings (SSSR count). The molecule has 5 nitrogen and oxygen atoms in total. The molecule has 0 unspecified atom stereocenters. The van der Waals surface area contributed by atoms with Crippen LogP contribution in [-0.4, -0.2) is 15.7 Å². The van der Waals surface area contributed by atoms with E-state index in [1.165, 1.54) is 4.68 Å². The van der Waals surface area contributed by atoms with Crippen molar-refractivity contribution in [2.24, 2.45) is 7.05 Å². The molecule has 3 N–H and O–H groups in total. The van der Waals surface area contributed by atoms with E-state index < -0.39 is 0 Å². The number of nitrogen functional groups attached to an aromatic ring is 1. The van der Waals surface area contributed by atoms with Gasteiger partial charge in [0.2, 0.25) is 0 Å². The molecule has 0 bridgehead atoms. The highest BCUT2D eigenvalue weighted by Crippen LogP contribution is 2.23. The van der Waals surface area contributed by atoms with Crippen LogP contribution in [0.4, 0.5) is 11.4 Å². The first-order valence-electron chi connectivity index (χ1n) is 4.92. The van der Waals surface area contributed by atoms with Gasteiger partial charge in [-0.2, -0.15) is 5.10 Å². The molecule has 0 spiro atoms. The summed E-state index contributed by atoms with van der Waals surface area (Å²) in [7, 11) is 1.71. The number of nitrogens with zero attached hydrogens (tertiary/aromatic N) is 2. The number of aromatic nitrogens is 2. The lowest BCUT2D eigenvalue weighted by atomic mass is 10.2. The van der Waals surface area contributed by atoms with Crippen molar-refractivity contribution in [2.45, 2.75) is 0 Å². The van der Waals surface area contributed by atoms with Crippen molar-refractivity contribution < 1.29 is 4.79 Å². The highest BCUT2D eigenvalue weighted by atomic mass is 79.9. The van der Waals surface area contributed by atoms with E-state index in [0.717, 1.165) is 4.47 Å². The molecule has 17 heavy (non-hydrogen) atoms. The maximum atomic E-state index is 11.9. The maximum absolute atomic E-state index is 11.9. The van der Waals surface area contributed by atoms with Crippen LogP contribution < -0.4 is 11.1 Å². The fraction of sp³-hybridized carbons (Fsp3) is 0.0909. The largest absolute Gasteiger partial charge is 0.398 e. The molecule has 0 aliphatic carbocycles. The highest BCUT2D eigenvalue weighted by molar-refractivity contribution is 9.10. The Labute approximate surface area is 107 Å². The van der Waals surface area contributed by atoms with Crippen LogP contribution in [0.15, 0.2) is 34.9 Å². The summed E-state index contributed by atoms with van der Waals surface area (Å²) in [4.78, 5) is 11.9. The molecule has 0 fully saturated rings.